The Kier molecular flexibility index (Phi) is 7.56. The number of carbonyl (C=O) groups is 1. The van der Waals surface area contributed by atoms with Gasteiger partial charge in [-0.25, -0.2) is 0 Å². The van der Waals surface area contributed by atoms with Gasteiger partial charge in [0.15, 0.2) is 5.11 Å². The van der Waals surface area contributed by atoms with E-state index in [1.54, 1.807) is 0 Å². The third-order valence-electron chi connectivity index (χ3n) is 7.23. The van der Waals surface area contributed by atoms with E-state index in [-0.39, 0.29) is 18.0 Å². The molecule has 0 radical (unpaired) electrons. The summed E-state index contributed by atoms with van der Waals surface area (Å²) in [7, 11) is 0. The normalized spacial score (nSPS) is 16.9. The molecule has 4 aromatic rings. The van der Waals surface area contributed by atoms with E-state index in [2.05, 4.69) is 69.3 Å². The molecule has 0 aliphatic carbocycles. The van der Waals surface area contributed by atoms with E-state index >= 15 is 0 Å². The fraction of sp³-hybridized carbons (Fsp3) is 0.258. The molecule has 5 rings (SSSR count). The zero-order chi connectivity index (χ0) is 26.6. The Morgan fingerprint density at radius 2 is 1.74 bits per heavy atom. The third-order valence-corrected chi connectivity index (χ3v) is 7.58. The van der Waals surface area contributed by atoms with Crippen LogP contribution in [-0.2, 0) is 11.3 Å². The highest BCUT2D eigenvalue weighted by atomic mass is 32.1. The summed E-state index contributed by atoms with van der Waals surface area (Å²) in [6, 6.07) is 26.3. The van der Waals surface area contributed by atoms with Crippen LogP contribution in [0.2, 0.25) is 0 Å². The zero-order valence-electron chi connectivity index (χ0n) is 22.0. The molecule has 2 atom stereocenters. The van der Waals surface area contributed by atoms with E-state index in [1.807, 2.05) is 61.7 Å². The molecule has 1 aliphatic rings. The number of carbonyl (C=O) groups excluding carboxylic acids is 1. The molecule has 3 heterocycles. The number of nitrogens with one attached hydrogen (secondary N) is 2. The van der Waals surface area contributed by atoms with E-state index in [0.29, 0.717) is 18.1 Å². The van der Waals surface area contributed by atoms with Crippen molar-refractivity contribution in [2.45, 2.75) is 45.8 Å². The standard InChI is InChI=1S/C31H33N5OS/c1-21-12-14-25(15-13-21)33-28(37)16-18-35-30(29(34-31(35)38)27-11-7-8-17-32-27)26-19-22(2)36(23(26)3)20-24-9-5-4-6-10-24/h4-15,17,19,29-30H,16,18,20H2,1-3H3,(H,33,37)(H,34,38)/t29-,30-/m0/s1. The molecule has 194 valence electrons. The van der Waals surface area contributed by atoms with Crippen LogP contribution >= 0.6 is 12.2 Å². The van der Waals surface area contributed by atoms with E-state index in [1.165, 1.54) is 22.5 Å². The Labute approximate surface area is 229 Å². The summed E-state index contributed by atoms with van der Waals surface area (Å²) in [5, 5.41) is 7.16. The maximum absolute atomic E-state index is 12.9. The lowest BCUT2D eigenvalue weighted by Crippen LogP contribution is -2.33. The predicted octanol–water partition coefficient (Wildman–Crippen LogP) is 5.86. The third kappa shape index (κ3) is 5.48. The quantitative estimate of drug-likeness (QED) is 0.283. The average molecular weight is 524 g/mol. The molecule has 7 heteroatoms. The van der Waals surface area contributed by atoms with Gasteiger partial charge >= 0.3 is 0 Å². The minimum atomic E-state index is -0.116. The molecule has 0 spiro atoms. The molecule has 38 heavy (non-hydrogen) atoms. The van der Waals surface area contributed by atoms with Crippen molar-refractivity contribution in [2.24, 2.45) is 0 Å². The molecule has 1 fully saturated rings. The Hall–Kier alpha value is -3.97. The molecule has 2 N–H and O–H groups in total. The number of pyridine rings is 1. The van der Waals surface area contributed by atoms with Crippen molar-refractivity contribution in [3.63, 3.8) is 0 Å². The van der Waals surface area contributed by atoms with Crippen LogP contribution in [0, 0.1) is 20.8 Å². The Bertz CT molecular complexity index is 1420. The summed E-state index contributed by atoms with van der Waals surface area (Å²) >= 11 is 5.83. The Balaban J connectivity index is 1.42. The molecule has 1 aliphatic heterocycles. The maximum Gasteiger partial charge on any atom is 0.226 e. The van der Waals surface area contributed by atoms with Gasteiger partial charge in [-0.1, -0.05) is 54.1 Å². The molecule has 1 amide bonds. The SMILES string of the molecule is Cc1ccc(NC(=O)CCN2C(=S)N[C@@H](c3ccccn3)[C@@H]2c2cc(C)n(Cc3ccccc3)c2C)cc1. The van der Waals surface area contributed by atoms with Gasteiger partial charge < -0.3 is 20.1 Å². The van der Waals surface area contributed by atoms with Crippen LogP contribution in [0.15, 0.2) is 85.1 Å². The van der Waals surface area contributed by atoms with Crippen LogP contribution in [0.4, 0.5) is 5.69 Å². The maximum atomic E-state index is 12.9. The molecular formula is C31H33N5OS. The fourth-order valence-corrected chi connectivity index (χ4v) is 5.54. The summed E-state index contributed by atoms with van der Waals surface area (Å²) in [6.45, 7) is 7.65. The molecule has 2 aromatic carbocycles. The number of thiocarbonyl (C=S) groups is 1. The molecule has 6 nitrogen and oxygen atoms in total. The molecule has 0 unspecified atom stereocenters. The van der Waals surface area contributed by atoms with Crippen molar-refractivity contribution in [3.8, 4) is 0 Å². The number of rotatable bonds is 8. The number of benzene rings is 2. The summed E-state index contributed by atoms with van der Waals surface area (Å²) in [4.78, 5) is 19.7. The molecule has 0 bridgehead atoms. The largest absolute Gasteiger partial charge is 0.352 e. The van der Waals surface area contributed by atoms with Crippen molar-refractivity contribution >= 4 is 28.9 Å². The highest BCUT2D eigenvalue weighted by molar-refractivity contribution is 7.80. The highest BCUT2D eigenvalue weighted by Gasteiger charge is 2.41. The predicted molar refractivity (Wildman–Crippen MR) is 156 cm³/mol. The van der Waals surface area contributed by atoms with Gasteiger partial charge in [0.05, 0.1) is 17.8 Å². The lowest BCUT2D eigenvalue weighted by Gasteiger charge is -2.28. The van der Waals surface area contributed by atoms with Gasteiger partial charge in [-0.15, -0.1) is 0 Å². The molecule has 2 aromatic heterocycles. The van der Waals surface area contributed by atoms with Crippen LogP contribution in [0.25, 0.3) is 0 Å². The van der Waals surface area contributed by atoms with Crippen LogP contribution in [-0.4, -0.2) is 32.0 Å². The van der Waals surface area contributed by atoms with Gasteiger partial charge in [-0.2, -0.15) is 0 Å². The minimum Gasteiger partial charge on any atom is -0.352 e. The highest BCUT2D eigenvalue weighted by Crippen LogP contribution is 2.41. The average Bonchev–Trinajstić information content (AvgIpc) is 3.40. The lowest BCUT2D eigenvalue weighted by molar-refractivity contribution is -0.116. The van der Waals surface area contributed by atoms with Gasteiger partial charge in [0, 0.05) is 42.8 Å². The second-order valence-electron chi connectivity index (χ2n) is 9.88. The second kappa shape index (κ2) is 11.2. The number of aryl methyl sites for hydroxylation is 2. The van der Waals surface area contributed by atoms with Crippen LogP contribution in [0.1, 0.15) is 52.3 Å². The van der Waals surface area contributed by atoms with E-state index in [0.717, 1.165) is 23.5 Å². The number of aromatic nitrogens is 2. The van der Waals surface area contributed by atoms with Crippen LogP contribution in [0.3, 0.4) is 0 Å². The lowest BCUT2D eigenvalue weighted by atomic mass is 9.96. The molecular weight excluding hydrogens is 490 g/mol. The van der Waals surface area contributed by atoms with Crippen LogP contribution < -0.4 is 10.6 Å². The number of nitrogens with zero attached hydrogens (tertiary/aromatic N) is 3. The van der Waals surface area contributed by atoms with E-state index in [4.69, 9.17) is 12.2 Å². The first kappa shape index (κ1) is 25.7. The zero-order valence-corrected chi connectivity index (χ0v) is 22.8. The van der Waals surface area contributed by atoms with Crippen molar-refractivity contribution in [3.05, 3.63) is 119 Å². The van der Waals surface area contributed by atoms with Gasteiger partial charge in [-0.05, 0) is 74.4 Å². The van der Waals surface area contributed by atoms with Gasteiger partial charge in [0.2, 0.25) is 5.91 Å². The Morgan fingerprint density at radius 1 is 1.00 bits per heavy atom. The fourth-order valence-electron chi connectivity index (χ4n) is 5.20. The summed E-state index contributed by atoms with van der Waals surface area (Å²) in [6.07, 6.45) is 2.14. The summed E-state index contributed by atoms with van der Waals surface area (Å²) in [5.41, 5.74) is 7.72. The number of hydrogen-bond acceptors (Lipinski definition) is 3. The minimum absolute atomic E-state index is 0.0359. The van der Waals surface area contributed by atoms with Crippen molar-refractivity contribution < 1.29 is 4.79 Å². The first-order valence-corrected chi connectivity index (χ1v) is 13.4. The molecule has 0 saturated carbocycles. The van der Waals surface area contributed by atoms with E-state index < -0.39 is 0 Å². The molecule has 1 saturated heterocycles. The Morgan fingerprint density at radius 3 is 2.45 bits per heavy atom. The number of amides is 1. The van der Waals surface area contributed by atoms with E-state index in [9.17, 15) is 4.79 Å². The van der Waals surface area contributed by atoms with Gasteiger partial charge in [0.1, 0.15) is 0 Å². The monoisotopic (exact) mass is 523 g/mol. The first-order valence-electron chi connectivity index (χ1n) is 13.0. The smallest absolute Gasteiger partial charge is 0.226 e. The number of anilines is 1. The van der Waals surface area contributed by atoms with Crippen molar-refractivity contribution in [1.82, 2.24) is 19.8 Å². The first-order chi connectivity index (χ1) is 18.4. The van der Waals surface area contributed by atoms with Crippen molar-refractivity contribution in [1.29, 1.82) is 0 Å². The van der Waals surface area contributed by atoms with Crippen molar-refractivity contribution in [2.75, 3.05) is 11.9 Å². The number of hydrogen-bond donors (Lipinski definition) is 2. The summed E-state index contributed by atoms with van der Waals surface area (Å²) < 4.78 is 2.35. The topological polar surface area (TPSA) is 62.2 Å². The van der Waals surface area contributed by atoms with Gasteiger partial charge in [-0.3, -0.25) is 9.78 Å². The van der Waals surface area contributed by atoms with Gasteiger partial charge in [0.25, 0.3) is 0 Å². The summed E-state index contributed by atoms with van der Waals surface area (Å²) in [5.74, 6) is -0.0359. The second-order valence-corrected chi connectivity index (χ2v) is 10.3. The van der Waals surface area contributed by atoms with Crippen LogP contribution in [0.5, 0.6) is 0 Å².